The zero-order chi connectivity index (χ0) is 18.4. The van der Waals surface area contributed by atoms with Crippen molar-refractivity contribution in [2.24, 2.45) is 0 Å². The number of fused-ring (bicyclic) bond motifs is 1. The highest BCUT2D eigenvalue weighted by molar-refractivity contribution is 7.89. The maximum atomic E-state index is 12.8. The molecule has 1 N–H and O–H groups in total. The van der Waals surface area contributed by atoms with E-state index in [0.29, 0.717) is 18.6 Å². The van der Waals surface area contributed by atoms with E-state index in [1.54, 1.807) is 12.1 Å². The molecule has 0 heterocycles. The van der Waals surface area contributed by atoms with Crippen LogP contribution in [0.1, 0.15) is 13.8 Å². The van der Waals surface area contributed by atoms with E-state index < -0.39 is 16.3 Å². The maximum absolute atomic E-state index is 12.8. The summed E-state index contributed by atoms with van der Waals surface area (Å²) in [7, 11) is 0.177. The van der Waals surface area contributed by atoms with Crippen molar-refractivity contribution in [2.45, 2.75) is 25.0 Å². The highest BCUT2D eigenvalue weighted by Crippen LogP contribution is 2.30. The van der Waals surface area contributed by atoms with Crippen molar-refractivity contribution in [1.29, 1.82) is 0 Å². The van der Waals surface area contributed by atoms with Crippen LogP contribution in [0.4, 0.5) is 5.69 Å². The largest absolute Gasteiger partial charge is 0.377 e. The monoisotopic (exact) mass is 366 g/mol. The van der Waals surface area contributed by atoms with E-state index in [4.69, 9.17) is 9.47 Å². The number of anilines is 1. The summed E-state index contributed by atoms with van der Waals surface area (Å²) >= 11 is 0. The molecule has 0 aromatic heterocycles. The minimum atomic E-state index is -3.69. The molecule has 0 amide bonds. The van der Waals surface area contributed by atoms with Crippen LogP contribution in [0.2, 0.25) is 0 Å². The molecule has 0 atom stereocenters. The predicted molar refractivity (Wildman–Crippen MR) is 101 cm³/mol. The second kappa shape index (κ2) is 8.62. The summed E-state index contributed by atoms with van der Waals surface area (Å²) in [6.45, 7) is 4.65. The van der Waals surface area contributed by atoms with Crippen LogP contribution in [0, 0.1) is 0 Å². The van der Waals surface area contributed by atoms with Gasteiger partial charge in [-0.25, -0.2) is 13.1 Å². The second-order valence-corrected chi connectivity index (χ2v) is 7.45. The van der Waals surface area contributed by atoms with Gasteiger partial charge in [-0.15, -0.1) is 0 Å². The first kappa shape index (κ1) is 19.7. The van der Waals surface area contributed by atoms with Crippen molar-refractivity contribution in [3.63, 3.8) is 0 Å². The average molecular weight is 366 g/mol. The molecule has 0 saturated heterocycles. The van der Waals surface area contributed by atoms with E-state index in [0.717, 1.165) is 11.1 Å². The molecule has 0 fully saturated rings. The van der Waals surface area contributed by atoms with Crippen LogP contribution in [0.3, 0.4) is 0 Å². The Morgan fingerprint density at radius 3 is 2.20 bits per heavy atom. The van der Waals surface area contributed by atoms with E-state index in [9.17, 15) is 8.42 Å². The highest BCUT2D eigenvalue weighted by Gasteiger charge is 2.20. The van der Waals surface area contributed by atoms with Gasteiger partial charge in [0.1, 0.15) is 0 Å². The lowest BCUT2D eigenvalue weighted by atomic mass is 10.1. The fourth-order valence-corrected chi connectivity index (χ4v) is 3.92. The Morgan fingerprint density at radius 1 is 1.00 bits per heavy atom. The van der Waals surface area contributed by atoms with Crippen molar-refractivity contribution >= 4 is 26.5 Å². The van der Waals surface area contributed by atoms with Gasteiger partial charge >= 0.3 is 0 Å². The van der Waals surface area contributed by atoms with Gasteiger partial charge in [-0.05, 0) is 26.0 Å². The molecule has 0 saturated carbocycles. The van der Waals surface area contributed by atoms with Crippen LogP contribution >= 0.6 is 0 Å². The predicted octanol–water partition coefficient (Wildman–Crippen LogP) is 2.58. The molecular weight excluding hydrogens is 340 g/mol. The van der Waals surface area contributed by atoms with Crippen molar-refractivity contribution in [3.05, 3.63) is 36.4 Å². The number of benzene rings is 2. The molecular formula is C18H26N2O4S. The minimum absolute atomic E-state index is 0.0633. The van der Waals surface area contributed by atoms with Crippen LogP contribution in [0.15, 0.2) is 41.3 Å². The number of hydrogen-bond acceptors (Lipinski definition) is 5. The third kappa shape index (κ3) is 4.70. The Kier molecular flexibility index (Phi) is 6.78. The summed E-state index contributed by atoms with van der Waals surface area (Å²) in [5.74, 6) is 0. The number of sulfonamides is 1. The van der Waals surface area contributed by atoms with Crippen molar-refractivity contribution in [1.82, 2.24) is 4.72 Å². The molecule has 138 valence electrons. The summed E-state index contributed by atoms with van der Waals surface area (Å²) in [6, 6.07) is 10.9. The number of nitrogens with zero attached hydrogens (tertiary/aromatic N) is 1. The Morgan fingerprint density at radius 2 is 1.60 bits per heavy atom. The standard InChI is InChI=1S/C18H26N2O4S/c1-5-23-18(24-6-2)13-19-25(21,22)17-12-8-9-14-15(17)10-7-11-16(14)20(3)4/h7-12,18-19H,5-6,13H2,1-4H3. The summed E-state index contributed by atoms with van der Waals surface area (Å²) in [4.78, 5) is 2.22. The molecule has 2 aromatic carbocycles. The van der Waals surface area contributed by atoms with Gasteiger partial charge in [-0.1, -0.05) is 24.3 Å². The number of nitrogens with one attached hydrogen (secondary N) is 1. The average Bonchev–Trinajstić information content (AvgIpc) is 2.59. The van der Waals surface area contributed by atoms with Gasteiger partial charge in [0.25, 0.3) is 0 Å². The normalized spacial score (nSPS) is 12.0. The first-order chi connectivity index (χ1) is 11.9. The third-order valence-corrected chi connectivity index (χ3v) is 5.26. The smallest absolute Gasteiger partial charge is 0.241 e. The fourth-order valence-electron chi connectivity index (χ4n) is 2.68. The second-order valence-electron chi connectivity index (χ2n) is 5.71. The van der Waals surface area contributed by atoms with Crippen molar-refractivity contribution in [3.8, 4) is 0 Å². The topological polar surface area (TPSA) is 67.9 Å². The number of ether oxygens (including phenoxy) is 2. The lowest BCUT2D eigenvalue weighted by Gasteiger charge is -2.19. The summed E-state index contributed by atoms with van der Waals surface area (Å²) < 4.78 is 39.0. The Labute approximate surface area is 149 Å². The molecule has 7 heteroatoms. The molecule has 0 aliphatic carbocycles. The fraction of sp³-hybridized carbons (Fsp3) is 0.444. The molecule has 0 aliphatic rings. The van der Waals surface area contributed by atoms with Gasteiger partial charge in [0, 0.05) is 43.8 Å². The lowest BCUT2D eigenvalue weighted by Crippen LogP contribution is -2.35. The molecule has 2 aromatic rings. The summed E-state index contributed by atoms with van der Waals surface area (Å²) in [5, 5.41) is 1.58. The lowest BCUT2D eigenvalue weighted by molar-refractivity contribution is -0.130. The minimum Gasteiger partial charge on any atom is -0.377 e. The molecule has 0 bridgehead atoms. The Hall–Kier alpha value is -1.67. The molecule has 2 rings (SSSR count). The van der Waals surface area contributed by atoms with Gasteiger partial charge in [0.15, 0.2) is 6.29 Å². The van der Waals surface area contributed by atoms with Crippen LogP contribution in [0.25, 0.3) is 10.8 Å². The SMILES string of the molecule is CCOC(CNS(=O)(=O)c1cccc2c(N(C)C)cccc12)OCC. The van der Waals surface area contributed by atoms with Gasteiger partial charge in [0.2, 0.25) is 10.0 Å². The summed E-state index contributed by atoms with van der Waals surface area (Å²) in [6.07, 6.45) is -0.600. The molecule has 0 radical (unpaired) electrons. The van der Waals surface area contributed by atoms with E-state index in [1.807, 2.05) is 57.1 Å². The molecule has 25 heavy (non-hydrogen) atoms. The van der Waals surface area contributed by atoms with E-state index in [2.05, 4.69) is 4.72 Å². The first-order valence-corrected chi connectivity index (χ1v) is 9.81. The zero-order valence-electron chi connectivity index (χ0n) is 15.2. The Balaban J connectivity index is 2.35. The number of rotatable bonds is 9. The highest BCUT2D eigenvalue weighted by atomic mass is 32.2. The first-order valence-electron chi connectivity index (χ1n) is 8.32. The van der Waals surface area contributed by atoms with Gasteiger partial charge in [-0.3, -0.25) is 0 Å². The van der Waals surface area contributed by atoms with E-state index >= 15 is 0 Å². The molecule has 0 aliphatic heterocycles. The van der Waals surface area contributed by atoms with E-state index in [-0.39, 0.29) is 11.4 Å². The Bertz CT molecular complexity index is 800. The van der Waals surface area contributed by atoms with Crippen LogP contribution in [0.5, 0.6) is 0 Å². The van der Waals surface area contributed by atoms with Gasteiger partial charge < -0.3 is 14.4 Å². The maximum Gasteiger partial charge on any atom is 0.241 e. The van der Waals surface area contributed by atoms with Crippen molar-refractivity contribution < 1.29 is 17.9 Å². The molecule has 6 nitrogen and oxygen atoms in total. The van der Waals surface area contributed by atoms with Crippen molar-refractivity contribution in [2.75, 3.05) is 38.8 Å². The quantitative estimate of drug-likeness (QED) is 0.691. The zero-order valence-corrected chi connectivity index (χ0v) is 16.0. The van der Waals surface area contributed by atoms with Gasteiger partial charge in [0.05, 0.1) is 11.4 Å². The van der Waals surface area contributed by atoms with Crippen LogP contribution < -0.4 is 9.62 Å². The summed E-state index contributed by atoms with van der Waals surface area (Å²) in [5.41, 5.74) is 0.969. The molecule has 0 unspecified atom stereocenters. The van der Waals surface area contributed by atoms with E-state index in [1.165, 1.54) is 0 Å². The molecule has 0 spiro atoms. The van der Waals surface area contributed by atoms with Gasteiger partial charge in [-0.2, -0.15) is 0 Å². The number of hydrogen-bond donors (Lipinski definition) is 1. The van der Waals surface area contributed by atoms with Crippen LogP contribution in [-0.4, -0.2) is 48.6 Å². The third-order valence-electron chi connectivity index (χ3n) is 3.78. The van der Waals surface area contributed by atoms with Crippen LogP contribution in [-0.2, 0) is 19.5 Å².